The SMILES string of the molecule is O=C(O)C1(C(=O)N[C@@H]2CCc3c2ccc(Cl)c3Cl)CC1. The van der Waals surface area contributed by atoms with E-state index in [-0.39, 0.29) is 6.04 Å². The number of benzene rings is 1. The summed E-state index contributed by atoms with van der Waals surface area (Å²) >= 11 is 12.1. The number of hydrogen-bond acceptors (Lipinski definition) is 2. The first kappa shape index (κ1) is 13.7. The van der Waals surface area contributed by atoms with Crippen LogP contribution in [0.5, 0.6) is 0 Å². The minimum Gasteiger partial charge on any atom is -0.480 e. The molecule has 0 bridgehead atoms. The second-order valence-electron chi connectivity index (χ2n) is 5.38. The topological polar surface area (TPSA) is 66.4 Å². The van der Waals surface area contributed by atoms with E-state index in [0.717, 1.165) is 24.0 Å². The number of fused-ring (bicyclic) bond motifs is 1. The standard InChI is InChI=1S/C14H13Cl2NO3/c15-9-3-1-7-8(11(9)16)2-4-10(7)17-12(18)14(5-6-14)13(19)20/h1,3,10H,2,4-6H2,(H,17,18)(H,19,20)/t10-/m1/s1. The Hall–Kier alpha value is -1.26. The summed E-state index contributed by atoms with van der Waals surface area (Å²) in [6.45, 7) is 0. The Kier molecular flexibility index (Phi) is 3.18. The van der Waals surface area contributed by atoms with Crippen molar-refractivity contribution in [1.29, 1.82) is 0 Å². The second-order valence-corrected chi connectivity index (χ2v) is 6.17. The normalized spacial score (nSPS) is 22.2. The van der Waals surface area contributed by atoms with Gasteiger partial charge in [-0.15, -0.1) is 0 Å². The van der Waals surface area contributed by atoms with Gasteiger partial charge in [-0.3, -0.25) is 9.59 Å². The van der Waals surface area contributed by atoms with Crippen molar-refractivity contribution in [2.45, 2.75) is 31.7 Å². The molecule has 3 rings (SSSR count). The first-order valence-electron chi connectivity index (χ1n) is 6.47. The molecule has 6 heteroatoms. The highest BCUT2D eigenvalue weighted by Crippen LogP contribution is 2.47. The van der Waals surface area contributed by atoms with Gasteiger partial charge in [0.25, 0.3) is 0 Å². The molecule has 0 spiro atoms. The minimum atomic E-state index is -1.21. The molecule has 0 radical (unpaired) electrons. The maximum atomic E-state index is 12.1. The molecule has 2 aliphatic rings. The summed E-state index contributed by atoms with van der Waals surface area (Å²) in [5.74, 6) is -1.43. The summed E-state index contributed by atoms with van der Waals surface area (Å²) < 4.78 is 0. The van der Waals surface area contributed by atoms with E-state index < -0.39 is 17.3 Å². The smallest absolute Gasteiger partial charge is 0.319 e. The molecule has 1 saturated carbocycles. The first-order valence-corrected chi connectivity index (χ1v) is 7.22. The summed E-state index contributed by atoms with van der Waals surface area (Å²) in [5.41, 5.74) is 0.678. The number of halogens is 2. The van der Waals surface area contributed by atoms with Crippen molar-refractivity contribution >= 4 is 35.1 Å². The maximum Gasteiger partial charge on any atom is 0.319 e. The predicted molar refractivity (Wildman–Crippen MR) is 75.0 cm³/mol. The highest BCUT2D eigenvalue weighted by molar-refractivity contribution is 6.42. The van der Waals surface area contributed by atoms with Gasteiger partial charge in [0.1, 0.15) is 5.41 Å². The molecule has 1 aromatic rings. The number of carboxylic acids is 1. The zero-order chi connectivity index (χ0) is 14.5. The molecule has 4 nitrogen and oxygen atoms in total. The molecule has 0 heterocycles. The molecule has 0 aromatic heterocycles. The molecule has 0 saturated heterocycles. The van der Waals surface area contributed by atoms with Gasteiger partial charge in [0.15, 0.2) is 0 Å². The third-order valence-corrected chi connectivity index (χ3v) is 5.03. The zero-order valence-corrected chi connectivity index (χ0v) is 12.1. The Balaban J connectivity index is 1.81. The minimum absolute atomic E-state index is 0.177. The van der Waals surface area contributed by atoms with Gasteiger partial charge in [-0.2, -0.15) is 0 Å². The molecule has 1 aromatic carbocycles. The van der Waals surface area contributed by atoms with E-state index in [1.165, 1.54) is 0 Å². The number of amides is 1. The quantitative estimate of drug-likeness (QED) is 0.843. The molecule has 106 valence electrons. The monoisotopic (exact) mass is 313 g/mol. The molecule has 20 heavy (non-hydrogen) atoms. The van der Waals surface area contributed by atoms with Crippen molar-refractivity contribution in [3.8, 4) is 0 Å². The first-order chi connectivity index (χ1) is 9.45. The van der Waals surface area contributed by atoms with Crippen LogP contribution in [0.4, 0.5) is 0 Å². The lowest BCUT2D eigenvalue weighted by atomic mass is 10.0. The average molecular weight is 314 g/mol. The fourth-order valence-corrected chi connectivity index (χ4v) is 3.19. The van der Waals surface area contributed by atoms with Crippen molar-refractivity contribution in [1.82, 2.24) is 5.32 Å². The Morgan fingerprint density at radius 3 is 2.60 bits per heavy atom. The van der Waals surface area contributed by atoms with Gasteiger partial charge in [0.05, 0.1) is 16.1 Å². The maximum absolute atomic E-state index is 12.1. The van der Waals surface area contributed by atoms with Crippen LogP contribution < -0.4 is 5.32 Å². The van der Waals surface area contributed by atoms with Gasteiger partial charge in [0.2, 0.25) is 5.91 Å². The van der Waals surface area contributed by atoms with E-state index in [4.69, 9.17) is 28.3 Å². The molecule has 0 unspecified atom stereocenters. The molecule has 1 atom stereocenters. The lowest BCUT2D eigenvalue weighted by Gasteiger charge is -2.17. The lowest BCUT2D eigenvalue weighted by Crippen LogP contribution is -2.38. The third kappa shape index (κ3) is 1.98. The van der Waals surface area contributed by atoms with Crippen LogP contribution in [0.2, 0.25) is 10.0 Å². The zero-order valence-electron chi connectivity index (χ0n) is 10.6. The van der Waals surface area contributed by atoms with E-state index in [9.17, 15) is 9.59 Å². The van der Waals surface area contributed by atoms with Gasteiger partial charge < -0.3 is 10.4 Å². The van der Waals surface area contributed by atoms with Gasteiger partial charge in [-0.25, -0.2) is 0 Å². The van der Waals surface area contributed by atoms with Crippen molar-refractivity contribution in [3.05, 3.63) is 33.3 Å². The van der Waals surface area contributed by atoms with Crippen molar-refractivity contribution in [2.24, 2.45) is 5.41 Å². The predicted octanol–water partition coefficient (Wildman–Crippen LogP) is 2.96. The van der Waals surface area contributed by atoms with Crippen molar-refractivity contribution < 1.29 is 14.7 Å². The van der Waals surface area contributed by atoms with Crippen LogP contribution in [0.3, 0.4) is 0 Å². The van der Waals surface area contributed by atoms with Gasteiger partial charge >= 0.3 is 5.97 Å². The van der Waals surface area contributed by atoms with E-state index in [0.29, 0.717) is 22.9 Å². The van der Waals surface area contributed by atoms with Gasteiger partial charge in [-0.05, 0) is 42.9 Å². The fourth-order valence-electron chi connectivity index (χ4n) is 2.74. The van der Waals surface area contributed by atoms with Crippen molar-refractivity contribution in [3.63, 3.8) is 0 Å². The van der Waals surface area contributed by atoms with E-state index in [1.54, 1.807) is 6.07 Å². The Labute approximate surface area is 126 Å². The van der Waals surface area contributed by atoms with E-state index in [1.807, 2.05) is 6.07 Å². The summed E-state index contributed by atoms with van der Waals surface area (Å²) in [6.07, 6.45) is 2.28. The largest absolute Gasteiger partial charge is 0.480 e. The third-order valence-electron chi connectivity index (χ3n) is 4.19. The van der Waals surface area contributed by atoms with E-state index in [2.05, 4.69) is 5.32 Å². The molecule has 2 N–H and O–H groups in total. The number of rotatable bonds is 3. The van der Waals surface area contributed by atoms with Crippen LogP contribution in [0, 0.1) is 5.41 Å². The lowest BCUT2D eigenvalue weighted by molar-refractivity contribution is -0.149. The van der Waals surface area contributed by atoms with Gasteiger partial charge in [0, 0.05) is 0 Å². The molecule has 0 aliphatic heterocycles. The number of hydrogen-bond donors (Lipinski definition) is 2. The van der Waals surface area contributed by atoms with Gasteiger partial charge in [-0.1, -0.05) is 29.3 Å². The number of nitrogens with one attached hydrogen (secondary N) is 1. The summed E-state index contributed by atoms with van der Waals surface area (Å²) in [6, 6.07) is 3.38. The molecular formula is C14H13Cl2NO3. The summed E-state index contributed by atoms with van der Waals surface area (Å²) in [7, 11) is 0. The van der Waals surface area contributed by atoms with Crippen LogP contribution in [0.1, 0.15) is 36.4 Å². The van der Waals surface area contributed by atoms with Crippen LogP contribution in [0.25, 0.3) is 0 Å². The number of carboxylic acid groups (broad SMARTS) is 1. The number of aliphatic carboxylic acids is 1. The Morgan fingerprint density at radius 1 is 1.30 bits per heavy atom. The van der Waals surface area contributed by atoms with E-state index >= 15 is 0 Å². The summed E-state index contributed by atoms with van der Waals surface area (Å²) in [5, 5.41) is 13.0. The van der Waals surface area contributed by atoms with Crippen LogP contribution in [-0.4, -0.2) is 17.0 Å². The van der Waals surface area contributed by atoms with Crippen LogP contribution in [0.15, 0.2) is 12.1 Å². The van der Waals surface area contributed by atoms with Crippen molar-refractivity contribution in [2.75, 3.05) is 0 Å². The Morgan fingerprint density at radius 2 is 2.00 bits per heavy atom. The second kappa shape index (κ2) is 4.64. The number of carbonyl (C=O) groups excluding carboxylic acids is 1. The Bertz CT molecular complexity index is 611. The fraction of sp³-hybridized carbons (Fsp3) is 0.429. The molecule has 1 fully saturated rings. The average Bonchev–Trinajstić information content (AvgIpc) is 3.13. The highest BCUT2D eigenvalue weighted by atomic mass is 35.5. The highest BCUT2D eigenvalue weighted by Gasteiger charge is 2.57. The van der Waals surface area contributed by atoms with Crippen LogP contribution >= 0.6 is 23.2 Å². The molecule has 1 amide bonds. The molecular weight excluding hydrogens is 301 g/mol. The van der Waals surface area contributed by atoms with Crippen LogP contribution in [-0.2, 0) is 16.0 Å². The number of carbonyl (C=O) groups is 2. The summed E-state index contributed by atoms with van der Waals surface area (Å²) in [4.78, 5) is 23.3. The molecule has 2 aliphatic carbocycles.